The second-order valence-corrected chi connectivity index (χ2v) is 9.08. The summed E-state index contributed by atoms with van der Waals surface area (Å²) < 4.78 is 46.3. The number of amides is 1. The van der Waals surface area contributed by atoms with Gasteiger partial charge in [0, 0.05) is 26.7 Å². The number of hydrogen-bond acceptors (Lipinski definition) is 4. The highest BCUT2D eigenvalue weighted by molar-refractivity contribution is 7.89. The van der Waals surface area contributed by atoms with Crippen LogP contribution in [0.4, 0.5) is 4.39 Å². The molecule has 2 aromatic carbocycles. The quantitative estimate of drug-likeness (QED) is 0.721. The van der Waals surface area contributed by atoms with Crippen molar-refractivity contribution >= 4 is 15.9 Å². The van der Waals surface area contributed by atoms with Crippen LogP contribution in [-0.4, -0.2) is 50.8 Å². The van der Waals surface area contributed by atoms with Gasteiger partial charge >= 0.3 is 0 Å². The van der Waals surface area contributed by atoms with Gasteiger partial charge in [-0.25, -0.2) is 12.8 Å². The van der Waals surface area contributed by atoms with E-state index < -0.39 is 21.8 Å². The first-order valence-corrected chi connectivity index (χ1v) is 10.9. The zero-order chi connectivity index (χ0) is 21.0. The monoisotopic (exact) mass is 420 g/mol. The first kappa shape index (κ1) is 21.3. The van der Waals surface area contributed by atoms with Crippen LogP contribution in [0.2, 0.25) is 0 Å². The minimum absolute atomic E-state index is 0.0694. The summed E-state index contributed by atoms with van der Waals surface area (Å²) in [4.78, 5) is 14.3. The van der Waals surface area contributed by atoms with Crippen molar-refractivity contribution in [2.45, 2.75) is 24.3 Å². The first-order chi connectivity index (χ1) is 13.8. The molecule has 6 nitrogen and oxygen atoms in total. The molecule has 0 bridgehead atoms. The van der Waals surface area contributed by atoms with Gasteiger partial charge < -0.3 is 9.64 Å². The highest BCUT2D eigenvalue weighted by Gasteiger charge is 2.36. The largest absolute Gasteiger partial charge is 0.495 e. The summed E-state index contributed by atoms with van der Waals surface area (Å²) in [6.07, 6.45) is 1.18. The van der Waals surface area contributed by atoms with Crippen molar-refractivity contribution in [3.05, 3.63) is 59.9 Å². The van der Waals surface area contributed by atoms with E-state index in [1.54, 1.807) is 11.9 Å². The highest BCUT2D eigenvalue weighted by Crippen LogP contribution is 2.31. The third-order valence-electron chi connectivity index (χ3n) is 5.12. The lowest BCUT2D eigenvalue weighted by molar-refractivity contribution is -0.135. The molecule has 8 heteroatoms. The number of piperidine rings is 1. The molecule has 0 spiro atoms. The predicted octanol–water partition coefficient (Wildman–Crippen LogP) is 2.89. The van der Waals surface area contributed by atoms with Gasteiger partial charge in [0.25, 0.3) is 0 Å². The standard InChI is InChI=1S/C21H25FN2O4S/c1-23(14-16-7-4-3-5-8-16)21(25)17-9-6-12-24(15-17)29(26,27)20-13-18(22)10-11-19(20)28-2/h3-5,7-8,10-11,13,17H,6,9,12,14-15H2,1-2H3/t17-/m1/s1. The fraction of sp³-hybridized carbons (Fsp3) is 0.381. The second-order valence-electron chi connectivity index (χ2n) is 7.18. The number of nitrogens with zero attached hydrogens (tertiary/aromatic N) is 2. The SMILES string of the molecule is COc1ccc(F)cc1S(=O)(=O)N1CCC[C@@H](C(=O)N(C)Cc2ccccc2)C1. The third kappa shape index (κ3) is 4.76. The van der Waals surface area contributed by atoms with Crippen LogP contribution < -0.4 is 4.74 Å². The van der Waals surface area contributed by atoms with Gasteiger partial charge in [-0.3, -0.25) is 4.79 Å². The van der Waals surface area contributed by atoms with Crippen molar-refractivity contribution < 1.29 is 22.3 Å². The van der Waals surface area contributed by atoms with E-state index in [0.29, 0.717) is 19.4 Å². The van der Waals surface area contributed by atoms with Gasteiger partial charge in [0.2, 0.25) is 15.9 Å². The molecule has 0 N–H and O–H groups in total. The minimum Gasteiger partial charge on any atom is -0.495 e. The van der Waals surface area contributed by atoms with Crippen molar-refractivity contribution in [1.82, 2.24) is 9.21 Å². The molecule has 1 saturated heterocycles. The van der Waals surface area contributed by atoms with Gasteiger partial charge in [-0.15, -0.1) is 0 Å². The molecule has 0 saturated carbocycles. The van der Waals surface area contributed by atoms with Crippen molar-refractivity contribution in [3.8, 4) is 5.75 Å². The number of benzene rings is 2. The fourth-order valence-corrected chi connectivity index (χ4v) is 5.29. The number of sulfonamides is 1. The van der Waals surface area contributed by atoms with Gasteiger partial charge in [-0.1, -0.05) is 30.3 Å². The van der Waals surface area contributed by atoms with Gasteiger partial charge in [0.1, 0.15) is 16.5 Å². The molecule has 2 aromatic rings. The number of carbonyl (C=O) groups excluding carboxylic acids is 1. The average Bonchev–Trinajstić information content (AvgIpc) is 2.74. The maximum Gasteiger partial charge on any atom is 0.246 e. The minimum atomic E-state index is -3.98. The molecular formula is C21H25FN2O4S. The summed E-state index contributed by atoms with van der Waals surface area (Å²) in [5.74, 6) is -1.11. The van der Waals surface area contributed by atoms with E-state index in [9.17, 15) is 17.6 Å². The molecule has 1 aliphatic rings. The Labute approximate surface area is 170 Å². The summed E-state index contributed by atoms with van der Waals surface area (Å²) in [5.41, 5.74) is 1.01. The Morgan fingerprint density at radius 2 is 1.97 bits per heavy atom. The van der Waals surface area contributed by atoms with E-state index in [4.69, 9.17) is 4.74 Å². The topological polar surface area (TPSA) is 66.9 Å². The van der Waals surface area contributed by atoms with E-state index in [0.717, 1.165) is 17.7 Å². The zero-order valence-corrected chi connectivity index (χ0v) is 17.4. The zero-order valence-electron chi connectivity index (χ0n) is 16.5. The molecular weight excluding hydrogens is 395 g/mol. The normalized spacial score (nSPS) is 17.7. The summed E-state index contributed by atoms with van der Waals surface area (Å²) in [6.45, 7) is 0.814. The first-order valence-electron chi connectivity index (χ1n) is 9.45. The number of rotatable bonds is 6. The van der Waals surface area contributed by atoms with Crippen LogP contribution in [0.5, 0.6) is 5.75 Å². The van der Waals surface area contributed by atoms with E-state index in [1.807, 2.05) is 30.3 Å². The lowest BCUT2D eigenvalue weighted by atomic mass is 9.98. The van der Waals surface area contributed by atoms with Gasteiger partial charge in [-0.05, 0) is 36.6 Å². The van der Waals surface area contributed by atoms with Crippen LogP contribution in [0.1, 0.15) is 18.4 Å². The lowest BCUT2D eigenvalue weighted by Crippen LogP contribution is -2.45. The van der Waals surface area contributed by atoms with Gasteiger partial charge in [0.15, 0.2) is 0 Å². The smallest absolute Gasteiger partial charge is 0.246 e. The number of methoxy groups -OCH3 is 1. The van der Waals surface area contributed by atoms with Crippen molar-refractivity contribution in [2.24, 2.45) is 5.92 Å². The molecule has 3 rings (SSSR count). The summed E-state index contributed by atoms with van der Waals surface area (Å²) in [7, 11) is -0.919. The summed E-state index contributed by atoms with van der Waals surface area (Å²) in [6, 6.07) is 13.0. The van der Waals surface area contributed by atoms with Gasteiger partial charge in [0.05, 0.1) is 13.0 Å². The fourth-order valence-electron chi connectivity index (χ4n) is 3.60. The Morgan fingerprint density at radius 3 is 2.66 bits per heavy atom. The molecule has 0 aliphatic carbocycles. The molecule has 1 fully saturated rings. The number of ether oxygens (including phenoxy) is 1. The molecule has 1 heterocycles. The van der Waals surface area contributed by atoms with Crippen LogP contribution in [0.3, 0.4) is 0 Å². The van der Waals surface area contributed by atoms with E-state index >= 15 is 0 Å². The van der Waals surface area contributed by atoms with E-state index in [1.165, 1.54) is 17.5 Å². The molecule has 0 radical (unpaired) electrons. The maximum atomic E-state index is 13.7. The van der Waals surface area contributed by atoms with E-state index in [2.05, 4.69) is 0 Å². The van der Waals surface area contributed by atoms with Crippen LogP contribution in [-0.2, 0) is 21.4 Å². The van der Waals surface area contributed by atoms with Crippen LogP contribution in [0.25, 0.3) is 0 Å². The molecule has 29 heavy (non-hydrogen) atoms. The summed E-state index contributed by atoms with van der Waals surface area (Å²) >= 11 is 0. The van der Waals surface area contributed by atoms with Crippen LogP contribution >= 0.6 is 0 Å². The number of halogens is 1. The Bertz CT molecular complexity index is 966. The molecule has 1 atom stereocenters. The maximum absolute atomic E-state index is 13.7. The van der Waals surface area contributed by atoms with Crippen LogP contribution in [0.15, 0.2) is 53.4 Å². The number of carbonyl (C=O) groups is 1. The predicted molar refractivity (Wildman–Crippen MR) is 107 cm³/mol. The highest BCUT2D eigenvalue weighted by atomic mass is 32.2. The Hall–Kier alpha value is -2.45. The molecule has 0 aromatic heterocycles. The van der Waals surface area contributed by atoms with Crippen LogP contribution in [0, 0.1) is 11.7 Å². The third-order valence-corrected chi connectivity index (χ3v) is 7.00. The lowest BCUT2D eigenvalue weighted by Gasteiger charge is -2.33. The Kier molecular flexibility index (Phi) is 6.54. The average molecular weight is 421 g/mol. The Balaban J connectivity index is 1.76. The van der Waals surface area contributed by atoms with E-state index in [-0.39, 0.29) is 29.6 Å². The second kappa shape index (κ2) is 8.92. The van der Waals surface area contributed by atoms with Crippen molar-refractivity contribution in [2.75, 3.05) is 27.2 Å². The molecule has 1 aliphatic heterocycles. The molecule has 0 unspecified atom stereocenters. The van der Waals surface area contributed by atoms with Crippen molar-refractivity contribution in [3.63, 3.8) is 0 Å². The molecule has 1 amide bonds. The number of hydrogen-bond donors (Lipinski definition) is 0. The van der Waals surface area contributed by atoms with Crippen molar-refractivity contribution in [1.29, 1.82) is 0 Å². The van der Waals surface area contributed by atoms with Gasteiger partial charge in [-0.2, -0.15) is 4.31 Å². The summed E-state index contributed by atoms with van der Waals surface area (Å²) in [5, 5.41) is 0. The molecule has 156 valence electrons. The Morgan fingerprint density at radius 1 is 1.24 bits per heavy atom.